The maximum Gasteiger partial charge on any atom is 0.287 e. The predicted molar refractivity (Wildman–Crippen MR) is 51.2 cm³/mol. The van der Waals surface area contributed by atoms with E-state index in [-0.39, 0.29) is 5.69 Å². The molecule has 0 fully saturated rings. The zero-order chi connectivity index (χ0) is 10.6. The van der Waals surface area contributed by atoms with Gasteiger partial charge in [0.2, 0.25) is 5.88 Å². The molecule has 0 aliphatic carbocycles. The molecule has 0 atom stereocenters. The quantitative estimate of drug-likeness (QED) is 0.417. The Labute approximate surface area is 81.2 Å². The second-order valence-electron chi connectivity index (χ2n) is 2.86. The fraction of sp³-hybridized carbons (Fsp3) is 0.222. The molecule has 0 saturated carbocycles. The zero-order valence-corrected chi connectivity index (χ0v) is 7.77. The van der Waals surface area contributed by atoms with Crippen molar-refractivity contribution in [3.05, 3.63) is 40.6 Å². The summed E-state index contributed by atoms with van der Waals surface area (Å²) in [5.41, 5.74) is 0.817. The molecular formula is C9H10N2O3. The van der Waals surface area contributed by atoms with E-state index in [1.54, 1.807) is 0 Å². The minimum Gasteiger partial charge on any atom is -0.473 e. The van der Waals surface area contributed by atoms with Crippen LogP contribution in [0.5, 0.6) is 5.88 Å². The summed E-state index contributed by atoms with van der Waals surface area (Å²) in [5.74, 6) is 0.360. The van der Waals surface area contributed by atoms with Crippen molar-refractivity contribution in [2.75, 3.05) is 6.61 Å². The summed E-state index contributed by atoms with van der Waals surface area (Å²) >= 11 is 0. The van der Waals surface area contributed by atoms with Crippen LogP contribution >= 0.6 is 0 Å². The number of nitrogens with zero attached hydrogens (tertiary/aromatic N) is 2. The first kappa shape index (κ1) is 10.2. The van der Waals surface area contributed by atoms with Crippen LogP contribution in [-0.2, 0) is 0 Å². The molecule has 0 bridgehead atoms. The van der Waals surface area contributed by atoms with Crippen molar-refractivity contribution in [3.8, 4) is 5.88 Å². The third-order valence-corrected chi connectivity index (χ3v) is 1.40. The van der Waals surface area contributed by atoms with Crippen LogP contribution in [0.4, 0.5) is 5.69 Å². The van der Waals surface area contributed by atoms with E-state index >= 15 is 0 Å². The standard InChI is InChI=1S/C9H10N2O3/c1-7(2)6-14-9-4-3-8(5-10-9)11(12)13/h3-5H,1,6H2,2H3. The van der Waals surface area contributed by atoms with Crippen molar-refractivity contribution < 1.29 is 9.66 Å². The van der Waals surface area contributed by atoms with Crippen LogP contribution < -0.4 is 4.74 Å². The van der Waals surface area contributed by atoms with E-state index < -0.39 is 4.92 Å². The fourth-order valence-electron chi connectivity index (χ4n) is 0.763. The molecule has 74 valence electrons. The molecular weight excluding hydrogens is 184 g/mol. The summed E-state index contributed by atoms with van der Waals surface area (Å²) in [4.78, 5) is 13.6. The molecule has 14 heavy (non-hydrogen) atoms. The molecule has 0 saturated heterocycles. The summed E-state index contributed by atoms with van der Waals surface area (Å²) in [6, 6.07) is 2.81. The lowest BCUT2D eigenvalue weighted by molar-refractivity contribution is -0.385. The number of nitro groups is 1. The minimum atomic E-state index is -0.504. The van der Waals surface area contributed by atoms with E-state index in [0.29, 0.717) is 12.5 Å². The highest BCUT2D eigenvalue weighted by atomic mass is 16.6. The molecule has 0 aliphatic heterocycles. The van der Waals surface area contributed by atoms with Crippen LogP contribution in [-0.4, -0.2) is 16.5 Å². The second kappa shape index (κ2) is 4.36. The third kappa shape index (κ3) is 2.85. The van der Waals surface area contributed by atoms with Gasteiger partial charge in [-0.15, -0.1) is 0 Å². The Bertz CT molecular complexity index is 346. The zero-order valence-electron chi connectivity index (χ0n) is 7.77. The van der Waals surface area contributed by atoms with Gasteiger partial charge in [-0.1, -0.05) is 6.58 Å². The lowest BCUT2D eigenvalue weighted by atomic mass is 10.4. The van der Waals surface area contributed by atoms with Crippen LogP contribution in [0.1, 0.15) is 6.92 Å². The fourth-order valence-corrected chi connectivity index (χ4v) is 0.763. The van der Waals surface area contributed by atoms with Crippen molar-refractivity contribution in [1.82, 2.24) is 4.98 Å². The maximum atomic E-state index is 10.3. The van der Waals surface area contributed by atoms with Gasteiger partial charge in [0.05, 0.1) is 4.92 Å². The summed E-state index contributed by atoms with van der Waals surface area (Å²) in [5, 5.41) is 10.3. The molecule has 1 aromatic rings. The maximum absolute atomic E-state index is 10.3. The van der Waals surface area contributed by atoms with Gasteiger partial charge >= 0.3 is 0 Å². The highest BCUT2D eigenvalue weighted by Crippen LogP contribution is 2.13. The van der Waals surface area contributed by atoms with Gasteiger partial charge in [-0.05, 0) is 12.5 Å². The Kier molecular flexibility index (Phi) is 3.17. The van der Waals surface area contributed by atoms with Crippen molar-refractivity contribution in [2.24, 2.45) is 0 Å². The van der Waals surface area contributed by atoms with Gasteiger partial charge in [0, 0.05) is 12.1 Å². The molecule has 0 N–H and O–H groups in total. The average molecular weight is 194 g/mol. The Morgan fingerprint density at radius 2 is 2.43 bits per heavy atom. The minimum absolute atomic E-state index is 0.0484. The molecule has 1 aromatic heterocycles. The van der Waals surface area contributed by atoms with Crippen molar-refractivity contribution in [1.29, 1.82) is 0 Å². The molecule has 1 rings (SSSR count). The molecule has 5 heteroatoms. The van der Waals surface area contributed by atoms with Crippen LogP contribution in [0, 0.1) is 10.1 Å². The van der Waals surface area contributed by atoms with E-state index in [1.165, 1.54) is 12.1 Å². The van der Waals surface area contributed by atoms with Crippen LogP contribution in [0.3, 0.4) is 0 Å². The molecule has 0 spiro atoms. The summed E-state index contributed by atoms with van der Waals surface area (Å²) in [6.45, 7) is 5.85. The number of hydrogen-bond acceptors (Lipinski definition) is 4. The Morgan fingerprint density at radius 3 is 2.86 bits per heavy atom. The topological polar surface area (TPSA) is 65.3 Å². The first-order valence-corrected chi connectivity index (χ1v) is 3.97. The number of aromatic nitrogens is 1. The van der Waals surface area contributed by atoms with Gasteiger partial charge in [-0.25, -0.2) is 4.98 Å². The summed E-state index contributed by atoms with van der Waals surface area (Å²) in [7, 11) is 0. The largest absolute Gasteiger partial charge is 0.473 e. The molecule has 5 nitrogen and oxygen atoms in total. The summed E-state index contributed by atoms with van der Waals surface area (Å²) in [6.07, 6.45) is 1.16. The number of pyridine rings is 1. The monoisotopic (exact) mass is 194 g/mol. The number of ether oxygens (including phenoxy) is 1. The van der Waals surface area contributed by atoms with E-state index in [0.717, 1.165) is 11.8 Å². The van der Waals surface area contributed by atoms with Crippen molar-refractivity contribution in [3.63, 3.8) is 0 Å². The molecule has 0 amide bonds. The van der Waals surface area contributed by atoms with E-state index in [2.05, 4.69) is 11.6 Å². The number of hydrogen-bond donors (Lipinski definition) is 0. The van der Waals surface area contributed by atoms with E-state index in [4.69, 9.17) is 4.74 Å². The highest BCUT2D eigenvalue weighted by molar-refractivity contribution is 5.28. The smallest absolute Gasteiger partial charge is 0.287 e. The van der Waals surface area contributed by atoms with E-state index in [1.807, 2.05) is 6.92 Å². The van der Waals surface area contributed by atoms with Crippen LogP contribution in [0.25, 0.3) is 0 Å². The summed E-state index contributed by atoms with van der Waals surface area (Å²) < 4.78 is 5.17. The van der Waals surface area contributed by atoms with Gasteiger partial charge in [-0.2, -0.15) is 0 Å². The first-order chi connectivity index (χ1) is 6.59. The van der Waals surface area contributed by atoms with Gasteiger partial charge in [0.1, 0.15) is 12.8 Å². The molecule has 0 unspecified atom stereocenters. The second-order valence-corrected chi connectivity index (χ2v) is 2.86. The molecule has 1 heterocycles. The van der Waals surface area contributed by atoms with Gasteiger partial charge in [0.25, 0.3) is 5.69 Å². The van der Waals surface area contributed by atoms with Crippen LogP contribution in [0.15, 0.2) is 30.5 Å². The number of rotatable bonds is 4. The lowest BCUT2D eigenvalue weighted by Crippen LogP contribution is -1.99. The highest BCUT2D eigenvalue weighted by Gasteiger charge is 2.05. The molecule has 0 radical (unpaired) electrons. The first-order valence-electron chi connectivity index (χ1n) is 3.97. The predicted octanol–water partition coefficient (Wildman–Crippen LogP) is 1.94. The Balaban J connectivity index is 2.64. The van der Waals surface area contributed by atoms with Gasteiger partial charge in [0.15, 0.2) is 0 Å². The van der Waals surface area contributed by atoms with Gasteiger partial charge in [-0.3, -0.25) is 10.1 Å². The third-order valence-electron chi connectivity index (χ3n) is 1.40. The Morgan fingerprint density at radius 1 is 1.71 bits per heavy atom. The molecule has 0 aromatic carbocycles. The SMILES string of the molecule is C=C(C)COc1ccc([N+](=O)[O-])cn1. The van der Waals surface area contributed by atoms with Crippen LogP contribution in [0.2, 0.25) is 0 Å². The van der Waals surface area contributed by atoms with Gasteiger partial charge < -0.3 is 4.74 Å². The molecule has 0 aliphatic rings. The lowest BCUT2D eigenvalue weighted by Gasteiger charge is -2.02. The normalized spacial score (nSPS) is 9.50. The van der Waals surface area contributed by atoms with E-state index in [9.17, 15) is 10.1 Å². The van der Waals surface area contributed by atoms with Crippen molar-refractivity contribution in [2.45, 2.75) is 6.92 Å². The van der Waals surface area contributed by atoms with Crippen molar-refractivity contribution >= 4 is 5.69 Å². The average Bonchev–Trinajstić information content (AvgIpc) is 2.15. The Hall–Kier alpha value is -1.91.